The van der Waals surface area contributed by atoms with Gasteiger partial charge in [0.2, 0.25) is 5.91 Å². The highest BCUT2D eigenvalue weighted by Crippen LogP contribution is 2.17. The van der Waals surface area contributed by atoms with Crippen LogP contribution >= 0.6 is 0 Å². The molecule has 0 fully saturated rings. The van der Waals surface area contributed by atoms with Gasteiger partial charge in [-0.3, -0.25) is 4.79 Å². The molecule has 0 aromatic heterocycles. The van der Waals surface area contributed by atoms with Crippen LogP contribution in [0.25, 0.3) is 0 Å². The fourth-order valence-corrected chi connectivity index (χ4v) is 1.46. The molecule has 0 rings (SSSR count). The van der Waals surface area contributed by atoms with Gasteiger partial charge in [0.25, 0.3) is 0 Å². The van der Waals surface area contributed by atoms with Crippen LogP contribution in [0.1, 0.15) is 33.1 Å². The Bertz CT molecular complexity index is 201. The van der Waals surface area contributed by atoms with Gasteiger partial charge in [-0.15, -0.1) is 6.58 Å². The van der Waals surface area contributed by atoms with Gasteiger partial charge in [0.1, 0.15) is 0 Å². The molecule has 14 heavy (non-hydrogen) atoms. The second-order valence-corrected chi connectivity index (χ2v) is 3.74. The summed E-state index contributed by atoms with van der Waals surface area (Å²) in [7, 11) is 1.59. The zero-order chi connectivity index (χ0) is 11.1. The van der Waals surface area contributed by atoms with Crippen molar-refractivity contribution < 1.29 is 9.90 Å². The summed E-state index contributed by atoms with van der Waals surface area (Å²) in [4.78, 5) is 11.5. The zero-order valence-corrected chi connectivity index (χ0v) is 9.34. The number of carbonyl (C=O) groups is 1. The minimum atomic E-state index is -0.559. The van der Waals surface area contributed by atoms with Crippen molar-refractivity contribution in [1.29, 1.82) is 0 Å². The van der Waals surface area contributed by atoms with E-state index < -0.39 is 6.10 Å². The summed E-state index contributed by atoms with van der Waals surface area (Å²) in [6.07, 6.45) is 1.54. The van der Waals surface area contributed by atoms with Crippen LogP contribution in [0.2, 0.25) is 0 Å². The van der Waals surface area contributed by atoms with Gasteiger partial charge in [0, 0.05) is 7.05 Å². The summed E-state index contributed by atoms with van der Waals surface area (Å²) in [5.74, 6) is -0.452. The maximum atomic E-state index is 11.5. The van der Waals surface area contributed by atoms with Crippen LogP contribution in [0.4, 0.5) is 0 Å². The smallest absolute Gasteiger partial charge is 0.225 e. The fourth-order valence-electron chi connectivity index (χ4n) is 1.46. The molecule has 3 heteroatoms. The first kappa shape index (κ1) is 13.2. The van der Waals surface area contributed by atoms with Gasteiger partial charge in [0.15, 0.2) is 0 Å². The topological polar surface area (TPSA) is 49.3 Å². The molecule has 0 aromatic carbocycles. The molecule has 0 saturated heterocycles. The largest absolute Gasteiger partial charge is 0.392 e. The maximum absolute atomic E-state index is 11.5. The number of carbonyl (C=O) groups excluding carboxylic acids is 1. The number of hydrogen-bond acceptors (Lipinski definition) is 2. The molecule has 2 N–H and O–H groups in total. The first-order valence-corrected chi connectivity index (χ1v) is 5.07. The first-order chi connectivity index (χ1) is 6.52. The highest BCUT2D eigenvalue weighted by Gasteiger charge is 2.24. The Hall–Kier alpha value is -0.830. The summed E-state index contributed by atoms with van der Waals surface area (Å²) < 4.78 is 0. The molecule has 3 nitrogen and oxygen atoms in total. The van der Waals surface area contributed by atoms with Crippen LogP contribution in [0.5, 0.6) is 0 Å². The Morgan fingerprint density at radius 1 is 1.57 bits per heavy atom. The third kappa shape index (κ3) is 4.42. The molecular weight excluding hydrogens is 178 g/mol. The number of aliphatic hydroxyl groups excluding tert-OH is 1. The van der Waals surface area contributed by atoms with Gasteiger partial charge in [-0.25, -0.2) is 0 Å². The maximum Gasteiger partial charge on any atom is 0.225 e. The summed E-state index contributed by atoms with van der Waals surface area (Å²) in [5.41, 5.74) is 0.925. The minimum absolute atomic E-state index is 0.103. The molecule has 1 amide bonds. The highest BCUT2D eigenvalue weighted by atomic mass is 16.3. The van der Waals surface area contributed by atoms with Crippen molar-refractivity contribution in [2.24, 2.45) is 5.92 Å². The first-order valence-electron chi connectivity index (χ1n) is 5.07. The van der Waals surface area contributed by atoms with E-state index in [2.05, 4.69) is 11.9 Å². The lowest BCUT2D eigenvalue weighted by molar-refractivity contribution is -0.128. The summed E-state index contributed by atoms with van der Waals surface area (Å²) in [6, 6.07) is 0. The second-order valence-electron chi connectivity index (χ2n) is 3.74. The van der Waals surface area contributed by atoms with Gasteiger partial charge < -0.3 is 10.4 Å². The summed E-state index contributed by atoms with van der Waals surface area (Å²) in [5, 5.41) is 12.3. The van der Waals surface area contributed by atoms with Gasteiger partial charge in [-0.2, -0.15) is 0 Å². The number of hydrogen-bond donors (Lipinski definition) is 2. The third-order valence-electron chi connectivity index (χ3n) is 2.20. The van der Waals surface area contributed by atoms with E-state index in [9.17, 15) is 9.90 Å². The van der Waals surface area contributed by atoms with Gasteiger partial charge in [0.05, 0.1) is 12.0 Å². The number of aliphatic hydroxyl groups is 1. The lowest BCUT2D eigenvalue weighted by atomic mass is 9.91. The molecule has 0 aliphatic heterocycles. The molecular formula is C11H21NO2. The van der Waals surface area contributed by atoms with E-state index in [1.165, 1.54) is 0 Å². The normalized spacial score (nSPS) is 14.6. The second kappa shape index (κ2) is 6.60. The lowest BCUT2D eigenvalue weighted by Crippen LogP contribution is -2.35. The quantitative estimate of drug-likeness (QED) is 0.636. The van der Waals surface area contributed by atoms with Gasteiger partial charge in [-0.05, 0) is 19.8 Å². The third-order valence-corrected chi connectivity index (χ3v) is 2.20. The van der Waals surface area contributed by atoms with Crippen molar-refractivity contribution >= 4 is 5.91 Å². The highest BCUT2D eigenvalue weighted by molar-refractivity contribution is 5.79. The standard InChI is InChI=1S/C11H21NO2/c1-5-6-10(13)9(7-8(2)3)11(14)12-4/h9-10,13H,2,5-7H2,1,3-4H3,(H,12,14)/t9-,10-/m1/s1. The molecule has 82 valence electrons. The Kier molecular flexibility index (Phi) is 6.21. The van der Waals surface area contributed by atoms with E-state index in [1.807, 2.05) is 13.8 Å². The molecule has 0 heterocycles. The molecule has 0 spiro atoms. The van der Waals surface area contributed by atoms with E-state index in [1.54, 1.807) is 7.05 Å². The molecule has 0 aromatic rings. The Balaban J connectivity index is 4.37. The van der Waals surface area contributed by atoms with Crippen molar-refractivity contribution in [1.82, 2.24) is 5.32 Å². The summed E-state index contributed by atoms with van der Waals surface area (Å²) in [6.45, 7) is 7.62. The predicted molar refractivity (Wildman–Crippen MR) is 57.9 cm³/mol. The molecule has 0 unspecified atom stereocenters. The van der Waals surface area contributed by atoms with Crippen molar-refractivity contribution in [2.45, 2.75) is 39.2 Å². The van der Waals surface area contributed by atoms with Gasteiger partial charge in [-0.1, -0.05) is 18.9 Å². The zero-order valence-electron chi connectivity index (χ0n) is 9.34. The van der Waals surface area contributed by atoms with Gasteiger partial charge >= 0.3 is 0 Å². The predicted octanol–water partition coefficient (Wildman–Crippen LogP) is 1.48. The van der Waals surface area contributed by atoms with E-state index in [0.717, 1.165) is 12.0 Å². The fraction of sp³-hybridized carbons (Fsp3) is 0.727. The average molecular weight is 199 g/mol. The average Bonchev–Trinajstić information content (AvgIpc) is 2.13. The number of rotatable bonds is 6. The lowest BCUT2D eigenvalue weighted by Gasteiger charge is -2.21. The van der Waals surface area contributed by atoms with Crippen LogP contribution in [0.15, 0.2) is 12.2 Å². The van der Waals surface area contributed by atoms with E-state index in [-0.39, 0.29) is 11.8 Å². The number of allylic oxidation sites excluding steroid dienone is 1. The molecule has 0 bridgehead atoms. The Labute approximate surface area is 86.2 Å². The van der Waals surface area contributed by atoms with E-state index in [4.69, 9.17) is 0 Å². The number of nitrogens with one attached hydrogen (secondary N) is 1. The van der Waals surface area contributed by atoms with E-state index >= 15 is 0 Å². The molecule has 0 saturated carbocycles. The van der Waals surface area contributed by atoms with Crippen LogP contribution in [0, 0.1) is 5.92 Å². The number of amides is 1. The molecule has 2 atom stereocenters. The van der Waals surface area contributed by atoms with Crippen LogP contribution < -0.4 is 5.32 Å². The molecule has 0 radical (unpaired) electrons. The van der Waals surface area contributed by atoms with E-state index in [0.29, 0.717) is 12.8 Å². The monoisotopic (exact) mass is 199 g/mol. The Morgan fingerprint density at radius 3 is 2.50 bits per heavy atom. The van der Waals surface area contributed by atoms with Crippen LogP contribution in [-0.2, 0) is 4.79 Å². The van der Waals surface area contributed by atoms with Crippen molar-refractivity contribution in [3.8, 4) is 0 Å². The van der Waals surface area contributed by atoms with Crippen molar-refractivity contribution in [3.63, 3.8) is 0 Å². The summed E-state index contributed by atoms with van der Waals surface area (Å²) >= 11 is 0. The minimum Gasteiger partial charge on any atom is -0.392 e. The van der Waals surface area contributed by atoms with Crippen LogP contribution in [0.3, 0.4) is 0 Å². The molecule has 0 aliphatic rings. The van der Waals surface area contributed by atoms with Crippen LogP contribution in [-0.4, -0.2) is 24.2 Å². The van der Waals surface area contributed by atoms with Crippen molar-refractivity contribution in [2.75, 3.05) is 7.05 Å². The van der Waals surface area contributed by atoms with Crippen molar-refractivity contribution in [3.05, 3.63) is 12.2 Å². The molecule has 0 aliphatic carbocycles. The SMILES string of the molecule is C=C(C)C[C@@H](C(=O)NC)[C@H](O)CCC. The Morgan fingerprint density at radius 2 is 2.14 bits per heavy atom.